The molecule has 1 unspecified atom stereocenters. The van der Waals surface area contributed by atoms with Gasteiger partial charge in [-0.1, -0.05) is 36.4 Å². The molecule has 20 heavy (non-hydrogen) atoms. The van der Waals surface area contributed by atoms with Crippen molar-refractivity contribution in [3.05, 3.63) is 65.2 Å². The zero-order valence-electron chi connectivity index (χ0n) is 12.5. The zero-order valence-corrected chi connectivity index (χ0v) is 12.5. The maximum absolute atomic E-state index is 5.84. The predicted molar refractivity (Wildman–Crippen MR) is 84.2 cm³/mol. The van der Waals surface area contributed by atoms with Crippen molar-refractivity contribution >= 4 is 0 Å². The van der Waals surface area contributed by atoms with Crippen LogP contribution in [0.25, 0.3) is 0 Å². The van der Waals surface area contributed by atoms with E-state index in [0.29, 0.717) is 12.6 Å². The summed E-state index contributed by atoms with van der Waals surface area (Å²) in [6, 6.07) is 17.2. The Hall–Kier alpha value is -1.80. The first-order valence-corrected chi connectivity index (χ1v) is 7.12. The van der Waals surface area contributed by atoms with Gasteiger partial charge in [-0.05, 0) is 56.1 Å². The highest BCUT2D eigenvalue weighted by molar-refractivity contribution is 5.29. The van der Waals surface area contributed by atoms with Gasteiger partial charge in [-0.15, -0.1) is 0 Å². The van der Waals surface area contributed by atoms with Gasteiger partial charge in [0.15, 0.2) is 0 Å². The third-order valence-corrected chi connectivity index (χ3v) is 3.61. The van der Waals surface area contributed by atoms with E-state index in [4.69, 9.17) is 4.74 Å². The van der Waals surface area contributed by atoms with Crippen LogP contribution in [0.2, 0.25) is 0 Å². The summed E-state index contributed by atoms with van der Waals surface area (Å²) in [5, 5.41) is 3.25. The van der Waals surface area contributed by atoms with E-state index in [0.717, 1.165) is 12.2 Å². The SMILES string of the molecule is CNC(C)Cc1ccc(OCc2ccccc2C)cc1. The number of aryl methyl sites for hydroxylation is 1. The number of likely N-dealkylation sites (N-methyl/N-ethyl adjacent to an activating group) is 1. The van der Waals surface area contributed by atoms with Crippen molar-refractivity contribution in [2.75, 3.05) is 7.05 Å². The van der Waals surface area contributed by atoms with Crippen LogP contribution in [0, 0.1) is 6.92 Å². The molecule has 0 saturated heterocycles. The third kappa shape index (κ3) is 4.10. The van der Waals surface area contributed by atoms with Crippen molar-refractivity contribution in [1.29, 1.82) is 0 Å². The van der Waals surface area contributed by atoms with Crippen molar-refractivity contribution in [3.63, 3.8) is 0 Å². The summed E-state index contributed by atoms with van der Waals surface area (Å²) in [5.74, 6) is 0.925. The molecule has 0 amide bonds. The van der Waals surface area contributed by atoms with E-state index in [1.807, 2.05) is 13.1 Å². The molecule has 0 fully saturated rings. The highest BCUT2D eigenvalue weighted by Crippen LogP contribution is 2.16. The second-order valence-corrected chi connectivity index (χ2v) is 5.25. The first-order chi connectivity index (χ1) is 9.69. The molecule has 0 aliphatic heterocycles. The molecular weight excluding hydrogens is 246 g/mol. The number of hydrogen-bond donors (Lipinski definition) is 1. The van der Waals surface area contributed by atoms with Crippen molar-refractivity contribution in [2.24, 2.45) is 0 Å². The number of rotatable bonds is 6. The molecule has 0 spiro atoms. The lowest BCUT2D eigenvalue weighted by Gasteiger charge is -2.11. The molecule has 0 aliphatic rings. The Kier molecular flexibility index (Phi) is 5.19. The largest absolute Gasteiger partial charge is 0.489 e. The summed E-state index contributed by atoms with van der Waals surface area (Å²) < 4.78 is 5.84. The fourth-order valence-corrected chi connectivity index (χ4v) is 2.11. The average molecular weight is 269 g/mol. The molecule has 1 N–H and O–H groups in total. The van der Waals surface area contributed by atoms with Crippen LogP contribution < -0.4 is 10.1 Å². The van der Waals surface area contributed by atoms with Crippen LogP contribution >= 0.6 is 0 Å². The average Bonchev–Trinajstić information content (AvgIpc) is 2.48. The predicted octanol–water partition coefficient (Wildman–Crippen LogP) is 3.72. The van der Waals surface area contributed by atoms with Crippen LogP contribution in [-0.2, 0) is 13.0 Å². The van der Waals surface area contributed by atoms with Crippen LogP contribution in [0.3, 0.4) is 0 Å². The Morgan fingerprint density at radius 3 is 2.40 bits per heavy atom. The Morgan fingerprint density at radius 2 is 1.75 bits per heavy atom. The van der Waals surface area contributed by atoms with Gasteiger partial charge in [0.25, 0.3) is 0 Å². The normalized spacial score (nSPS) is 12.2. The standard InChI is InChI=1S/C18H23NO/c1-14-6-4-5-7-17(14)13-20-18-10-8-16(9-11-18)12-15(2)19-3/h4-11,15,19H,12-13H2,1-3H3. The van der Waals surface area contributed by atoms with E-state index < -0.39 is 0 Å². The van der Waals surface area contributed by atoms with Crippen molar-refractivity contribution in [1.82, 2.24) is 5.32 Å². The van der Waals surface area contributed by atoms with E-state index in [1.54, 1.807) is 0 Å². The highest BCUT2D eigenvalue weighted by atomic mass is 16.5. The molecule has 0 aromatic heterocycles. The fourth-order valence-electron chi connectivity index (χ4n) is 2.11. The smallest absolute Gasteiger partial charge is 0.119 e. The van der Waals surface area contributed by atoms with E-state index in [9.17, 15) is 0 Å². The zero-order chi connectivity index (χ0) is 14.4. The van der Waals surface area contributed by atoms with E-state index in [1.165, 1.54) is 16.7 Å². The second kappa shape index (κ2) is 7.11. The molecule has 106 valence electrons. The number of nitrogens with one attached hydrogen (secondary N) is 1. The minimum Gasteiger partial charge on any atom is -0.489 e. The Bertz CT molecular complexity index is 533. The highest BCUT2D eigenvalue weighted by Gasteiger charge is 2.02. The lowest BCUT2D eigenvalue weighted by molar-refractivity contribution is 0.305. The summed E-state index contributed by atoms with van der Waals surface area (Å²) in [7, 11) is 1.99. The molecule has 0 aliphatic carbocycles. The maximum Gasteiger partial charge on any atom is 0.119 e. The van der Waals surface area contributed by atoms with E-state index in [-0.39, 0.29) is 0 Å². The van der Waals surface area contributed by atoms with E-state index in [2.05, 4.69) is 61.6 Å². The van der Waals surface area contributed by atoms with Crippen LogP contribution in [-0.4, -0.2) is 13.1 Å². The number of ether oxygens (including phenoxy) is 1. The molecule has 2 nitrogen and oxygen atoms in total. The molecule has 1 atom stereocenters. The van der Waals surface area contributed by atoms with Crippen LogP contribution in [0.4, 0.5) is 0 Å². The third-order valence-electron chi connectivity index (χ3n) is 3.61. The topological polar surface area (TPSA) is 21.3 Å². The van der Waals surface area contributed by atoms with Crippen molar-refractivity contribution < 1.29 is 4.74 Å². The molecule has 0 bridgehead atoms. The molecule has 0 radical (unpaired) electrons. The molecular formula is C18H23NO. The summed E-state index contributed by atoms with van der Waals surface area (Å²) in [6.07, 6.45) is 1.04. The minimum absolute atomic E-state index is 0.494. The molecule has 0 saturated carbocycles. The van der Waals surface area contributed by atoms with Gasteiger partial charge in [0, 0.05) is 6.04 Å². The van der Waals surface area contributed by atoms with Gasteiger partial charge in [0.1, 0.15) is 12.4 Å². The van der Waals surface area contributed by atoms with Gasteiger partial charge in [-0.25, -0.2) is 0 Å². The van der Waals surface area contributed by atoms with Gasteiger partial charge in [0.2, 0.25) is 0 Å². The number of benzene rings is 2. The summed E-state index contributed by atoms with van der Waals surface area (Å²) >= 11 is 0. The summed E-state index contributed by atoms with van der Waals surface area (Å²) in [4.78, 5) is 0. The van der Waals surface area contributed by atoms with Gasteiger partial charge in [-0.3, -0.25) is 0 Å². The monoisotopic (exact) mass is 269 g/mol. The quantitative estimate of drug-likeness (QED) is 0.863. The van der Waals surface area contributed by atoms with Crippen LogP contribution in [0.5, 0.6) is 5.75 Å². The molecule has 2 aromatic rings. The Labute approximate surface area is 121 Å². The molecule has 0 heterocycles. The first-order valence-electron chi connectivity index (χ1n) is 7.12. The van der Waals surface area contributed by atoms with Crippen molar-refractivity contribution in [2.45, 2.75) is 32.9 Å². The molecule has 2 rings (SSSR count). The molecule has 2 aromatic carbocycles. The summed E-state index contributed by atoms with van der Waals surface area (Å²) in [6.45, 7) is 4.92. The minimum atomic E-state index is 0.494. The van der Waals surface area contributed by atoms with Crippen LogP contribution in [0.15, 0.2) is 48.5 Å². The first kappa shape index (κ1) is 14.6. The second-order valence-electron chi connectivity index (χ2n) is 5.25. The van der Waals surface area contributed by atoms with E-state index >= 15 is 0 Å². The lowest BCUT2D eigenvalue weighted by atomic mass is 10.1. The van der Waals surface area contributed by atoms with Crippen molar-refractivity contribution in [3.8, 4) is 5.75 Å². The van der Waals surface area contributed by atoms with Gasteiger partial charge in [-0.2, -0.15) is 0 Å². The maximum atomic E-state index is 5.84. The Morgan fingerprint density at radius 1 is 1.05 bits per heavy atom. The van der Waals surface area contributed by atoms with Gasteiger partial charge >= 0.3 is 0 Å². The Balaban J connectivity index is 1.92. The lowest BCUT2D eigenvalue weighted by Crippen LogP contribution is -2.23. The van der Waals surface area contributed by atoms with Gasteiger partial charge in [0.05, 0.1) is 0 Å². The molecule has 2 heteroatoms. The van der Waals surface area contributed by atoms with Gasteiger partial charge < -0.3 is 10.1 Å². The van der Waals surface area contributed by atoms with Crippen LogP contribution in [0.1, 0.15) is 23.6 Å². The number of hydrogen-bond acceptors (Lipinski definition) is 2. The fraction of sp³-hybridized carbons (Fsp3) is 0.333. The summed E-state index contributed by atoms with van der Waals surface area (Å²) in [5.41, 5.74) is 3.84.